The second-order valence-corrected chi connectivity index (χ2v) is 6.56. The second kappa shape index (κ2) is 5.09. The molecule has 1 aliphatic carbocycles. The predicted molar refractivity (Wildman–Crippen MR) is 85.5 cm³/mol. The Hall–Kier alpha value is -1.88. The van der Waals surface area contributed by atoms with Crippen molar-refractivity contribution in [2.45, 2.75) is 38.9 Å². The van der Waals surface area contributed by atoms with Crippen molar-refractivity contribution >= 4 is 11.5 Å². The lowest BCUT2D eigenvalue weighted by molar-refractivity contribution is -0.0273. The summed E-state index contributed by atoms with van der Waals surface area (Å²) in [7, 11) is 0. The van der Waals surface area contributed by atoms with Crippen molar-refractivity contribution in [2.75, 3.05) is 18.0 Å². The van der Waals surface area contributed by atoms with E-state index in [9.17, 15) is 4.79 Å². The van der Waals surface area contributed by atoms with Gasteiger partial charge in [0.2, 0.25) is 0 Å². The quantitative estimate of drug-likeness (QED) is 0.851. The minimum atomic E-state index is -0.0224. The van der Waals surface area contributed by atoms with Crippen molar-refractivity contribution in [1.29, 1.82) is 0 Å². The van der Waals surface area contributed by atoms with Gasteiger partial charge in [0.15, 0.2) is 0 Å². The van der Waals surface area contributed by atoms with Gasteiger partial charge in [0.25, 0.3) is 5.56 Å². The van der Waals surface area contributed by atoms with Crippen LogP contribution in [0.4, 0.5) is 5.82 Å². The molecule has 0 aromatic carbocycles. The fourth-order valence-corrected chi connectivity index (χ4v) is 3.31. The van der Waals surface area contributed by atoms with Crippen LogP contribution >= 0.6 is 0 Å². The summed E-state index contributed by atoms with van der Waals surface area (Å²) in [4.78, 5) is 19.3. The molecule has 2 aromatic heterocycles. The first-order chi connectivity index (χ1) is 10.6. The van der Waals surface area contributed by atoms with Crippen molar-refractivity contribution in [2.24, 2.45) is 5.92 Å². The molecule has 1 saturated heterocycles. The van der Waals surface area contributed by atoms with Crippen LogP contribution in [0.25, 0.3) is 5.65 Å². The van der Waals surface area contributed by atoms with E-state index in [1.165, 1.54) is 12.8 Å². The largest absolute Gasteiger partial charge is 0.371 e. The van der Waals surface area contributed by atoms with E-state index in [2.05, 4.69) is 11.8 Å². The lowest BCUT2D eigenvalue weighted by Crippen LogP contribution is -2.48. The molecule has 5 nitrogen and oxygen atoms in total. The molecule has 2 aliphatic rings. The van der Waals surface area contributed by atoms with Crippen LogP contribution in [0.2, 0.25) is 0 Å². The summed E-state index contributed by atoms with van der Waals surface area (Å²) < 4.78 is 7.66. The summed E-state index contributed by atoms with van der Waals surface area (Å²) in [6.45, 7) is 5.71. The molecule has 0 N–H and O–H groups in total. The van der Waals surface area contributed by atoms with Gasteiger partial charge in [-0.3, -0.25) is 9.20 Å². The highest BCUT2D eigenvalue weighted by molar-refractivity contribution is 5.53. The normalized spacial score (nSPS) is 25.6. The van der Waals surface area contributed by atoms with Crippen LogP contribution in [0, 0.1) is 12.8 Å². The van der Waals surface area contributed by atoms with Crippen LogP contribution < -0.4 is 10.5 Å². The third-order valence-corrected chi connectivity index (χ3v) is 4.63. The Bertz CT molecular complexity index is 766. The molecule has 116 valence electrons. The molecule has 1 saturated carbocycles. The highest BCUT2D eigenvalue weighted by Crippen LogP contribution is 2.37. The molecule has 1 aliphatic heterocycles. The van der Waals surface area contributed by atoms with Gasteiger partial charge in [0.1, 0.15) is 11.5 Å². The molecule has 2 unspecified atom stereocenters. The van der Waals surface area contributed by atoms with Crippen LogP contribution in [0.3, 0.4) is 0 Å². The van der Waals surface area contributed by atoms with Crippen molar-refractivity contribution in [3.8, 4) is 0 Å². The van der Waals surface area contributed by atoms with E-state index in [0.29, 0.717) is 5.92 Å². The van der Waals surface area contributed by atoms with E-state index in [1.807, 2.05) is 19.1 Å². The van der Waals surface area contributed by atoms with Crippen LogP contribution in [0.5, 0.6) is 0 Å². The fourth-order valence-electron chi connectivity index (χ4n) is 3.31. The third-order valence-electron chi connectivity index (χ3n) is 4.63. The van der Waals surface area contributed by atoms with Gasteiger partial charge in [-0.05, 0) is 44.2 Å². The Kier molecular flexibility index (Phi) is 3.18. The lowest BCUT2D eigenvalue weighted by atomic mass is 10.1. The molecule has 0 amide bonds. The standard InChI is InChI=1S/C17H21N3O2/c1-11-4-3-7-20-16(21)8-15(18-17(11)20)19-9-12(2)22-14(10-19)13-5-6-13/h3-4,7-8,12-14H,5-6,9-10H2,1-2H3. The predicted octanol–water partition coefficient (Wildman–Crippen LogP) is 2.01. The molecule has 4 rings (SSSR count). The van der Waals surface area contributed by atoms with Crippen molar-refractivity contribution in [3.05, 3.63) is 40.3 Å². The number of aryl methyl sites for hydroxylation is 1. The maximum absolute atomic E-state index is 12.4. The Morgan fingerprint density at radius 1 is 1.32 bits per heavy atom. The SMILES string of the molecule is Cc1cccn2c(=O)cc(N3CC(C)OC(C4CC4)C3)nc12. The minimum Gasteiger partial charge on any atom is -0.371 e. The minimum absolute atomic E-state index is 0.0224. The number of aromatic nitrogens is 2. The Morgan fingerprint density at radius 3 is 2.91 bits per heavy atom. The van der Waals surface area contributed by atoms with Crippen molar-refractivity contribution in [1.82, 2.24) is 9.38 Å². The summed E-state index contributed by atoms with van der Waals surface area (Å²) in [5.74, 6) is 1.47. The van der Waals surface area contributed by atoms with Crippen LogP contribution in [-0.2, 0) is 4.74 Å². The van der Waals surface area contributed by atoms with Gasteiger partial charge < -0.3 is 9.64 Å². The number of nitrogens with zero attached hydrogens (tertiary/aromatic N) is 3. The highest BCUT2D eigenvalue weighted by atomic mass is 16.5. The number of anilines is 1. The fraction of sp³-hybridized carbons (Fsp3) is 0.529. The third kappa shape index (κ3) is 2.39. The summed E-state index contributed by atoms with van der Waals surface area (Å²) in [6, 6.07) is 5.51. The average molecular weight is 299 g/mol. The van der Waals surface area contributed by atoms with E-state index in [4.69, 9.17) is 9.72 Å². The smallest absolute Gasteiger partial charge is 0.259 e. The summed E-state index contributed by atoms with van der Waals surface area (Å²) in [5, 5.41) is 0. The summed E-state index contributed by atoms with van der Waals surface area (Å²) >= 11 is 0. The lowest BCUT2D eigenvalue weighted by Gasteiger charge is -2.37. The topological polar surface area (TPSA) is 46.8 Å². The van der Waals surface area contributed by atoms with E-state index >= 15 is 0 Å². The molecular weight excluding hydrogens is 278 g/mol. The molecule has 2 atom stereocenters. The van der Waals surface area contributed by atoms with Gasteiger partial charge in [-0.25, -0.2) is 4.98 Å². The average Bonchev–Trinajstić information content (AvgIpc) is 3.32. The first kappa shape index (κ1) is 13.8. The molecule has 5 heteroatoms. The Morgan fingerprint density at radius 2 is 2.14 bits per heavy atom. The molecule has 2 fully saturated rings. The Balaban J connectivity index is 1.73. The van der Waals surface area contributed by atoms with E-state index < -0.39 is 0 Å². The number of morpholine rings is 1. The second-order valence-electron chi connectivity index (χ2n) is 6.56. The number of hydrogen-bond donors (Lipinski definition) is 0. The van der Waals surface area contributed by atoms with Gasteiger partial charge in [0.05, 0.1) is 12.2 Å². The molecule has 0 spiro atoms. The maximum atomic E-state index is 12.4. The van der Waals surface area contributed by atoms with Crippen LogP contribution in [-0.4, -0.2) is 34.7 Å². The zero-order valence-corrected chi connectivity index (χ0v) is 13.0. The Labute approximate surface area is 129 Å². The van der Waals surface area contributed by atoms with Crippen molar-refractivity contribution in [3.63, 3.8) is 0 Å². The van der Waals surface area contributed by atoms with Gasteiger partial charge >= 0.3 is 0 Å². The molecule has 0 radical (unpaired) electrons. The molecule has 3 heterocycles. The molecule has 2 aromatic rings. The number of fused-ring (bicyclic) bond motifs is 1. The monoisotopic (exact) mass is 299 g/mol. The van der Waals surface area contributed by atoms with Crippen molar-refractivity contribution < 1.29 is 4.74 Å². The van der Waals surface area contributed by atoms with E-state index in [1.54, 1.807) is 16.7 Å². The van der Waals surface area contributed by atoms with Gasteiger partial charge in [-0.2, -0.15) is 0 Å². The van der Waals surface area contributed by atoms with Crippen LogP contribution in [0.15, 0.2) is 29.2 Å². The van der Waals surface area contributed by atoms with Gasteiger partial charge in [-0.1, -0.05) is 6.07 Å². The molecule has 22 heavy (non-hydrogen) atoms. The van der Waals surface area contributed by atoms with E-state index in [0.717, 1.165) is 30.1 Å². The molecular formula is C17H21N3O2. The van der Waals surface area contributed by atoms with Gasteiger partial charge in [-0.15, -0.1) is 0 Å². The number of pyridine rings is 1. The zero-order chi connectivity index (χ0) is 15.3. The zero-order valence-electron chi connectivity index (χ0n) is 13.0. The number of ether oxygens (including phenoxy) is 1. The molecule has 0 bridgehead atoms. The number of hydrogen-bond acceptors (Lipinski definition) is 4. The van der Waals surface area contributed by atoms with Crippen LogP contribution in [0.1, 0.15) is 25.3 Å². The van der Waals surface area contributed by atoms with Gasteiger partial charge in [0, 0.05) is 25.4 Å². The number of rotatable bonds is 2. The summed E-state index contributed by atoms with van der Waals surface area (Å²) in [6.07, 6.45) is 4.75. The van der Waals surface area contributed by atoms with E-state index in [-0.39, 0.29) is 17.8 Å². The first-order valence-corrected chi connectivity index (χ1v) is 8.01. The highest BCUT2D eigenvalue weighted by Gasteiger charge is 2.37. The summed E-state index contributed by atoms with van der Waals surface area (Å²) in [5.41, 5.74) is 1.74. The maximum Gasteiger partial charge on any atom is 0.259 e. The first-order valence-electron chi connectivity index (χ1n) is 8.01.